The lowest BCUT2D eigenvalue weighted by Gasteiger charge is -2.08. The highest BCUT2D eigenvalue weighted by molar-refractivity contribution is 6.36. The van der Waals surface area contributed by atoms with Crippen molar-refractivity contribution < 1.29 is 9.18 Å². The van der Waals surface area contributed by atoms with Gasteiger partial charge in [-0.2, -0.15) is 4.39 Å². The van der Waals surface area contributed by atoms with Gasteiger partial charge in [0, 0.05) is 17.8 Å². The minimum absolute atomic E-state index is 0.123. The Bertz CT molecular complexity index is 649. The standard InChI is InChI=1S/C12H8Cl2FN3O/c1-6-8(13)5-9(14)11(17-6)18-12(19)7-2-3-16-10(15)4-7/h2-5H,1H3,(H,17,18,19). The third kappa shape index (κ3) is 3.19. The summed E-state index contributed by atoms with van der Waals surface area (Å²) in [7, 11) is 0. The minimum atomic E-state index is -0.737. The fourth-order valence-corrected chi connectivity index (χ4v) is 1.78. The van der Waals surface area contributed by atoms with Crippen LogP contribution >= 0.6 is 23.2 Å². The molecule has 7 heteroatoms. The summed E-state index contributed by atoms with van der Waals surface area (Å²) in [6.45, 7) is 1.68. The number of nitrogens with zero attached hydrogens (tertiary/aromatic N) is 2. The summed E-state index contributed by atoms with van der Waals surface area (Å²) in [6, 6.07) is 3.88. The van der Waals surface area contributed by atoms with Crippen molar-refractivity contribution in [2.45, 2.75) is 6.92 Å². The molecule has 1 amide bonds. The van der Waals surface area contributed by atoms with E-state index in [0.29, 0.717) is 10.7 Å². The fraction of sp³-hybridized carbons (Fsp3) is 0.0833. The monoisotopic (exact) mass is 299 g/mol. The van der Waals surface area contributed by atoms with Gasteiger partial charge in [-0.15, -0.1) is 0 Å². The molecule has 2 heterocycles. The second-order valence-electron chi connectivity index (χ2n) is 3.71. The molecule has 0 saturated heterocycles. The maximum absolute atomic E-state index is 12.9. The van der Waals surface area contributed by atoms with E-state index in [1.54, 1.807) is 6.92 Å². The Morgan fingerprint density at radius 3 is 2.74 bits per heavy atom. The molecule has 0 spiro atoms. The molecule has 0 bridgehead atoms. The van der Waals surface area contributed by atoms with Crippen LogP contribution in [0.25, 0.3) is 0 Å². The SMILES string of the molecule is Cc1nc(NC(=O)c2ccnc(F)c2)c(Cl)cc1Cl. The lowest BCUT2D eigenvalue weighted by Crippen LogP contribution is -2.14. The van der Waals surface area contributed by atoms with Crippen LogP contribution in [-0.4, -0.2) is 15.9 Å². The molecule has 0 saturated carbocycles. The molecule has 2 aromatic heterocycles. The molecule has 0 fully saturated rings. The molecular formula is C12H8Cl2FN3O. The van der Waals surface area contributed by atoms with Crippen molar-refractivity contribution in [2.75, 3.05) is 5.32 Å². The molecule has 0 aliphatic heterocycles. The first-order chi connectivity index (χ1) is 8.97. The normalized spacial score (nSPS) is 10.3. The topological polar surface area (TPSA) is 54.9 Å². The fourth-order valence-electron chi connectivity index (χ4n) is 1.37. The van der Waals surface area contributed by atoms with Crippen LogP contribution in [0.2, 0.25) is 10.0 Å². The zero-order chi connectivity index (χ0) is 14.0. The number of aryl methyl sites for hydroxylation is 1. The van der Waals surface area contributed by atoms with Gasteiger partial charge in [0.25, 0.3) is 5.91 Å². The van der Waals surface area contributed by atoms with E-state index in [1.807, 2.05) is 0 Å². The molecule has 2 aromatic rings. The number of carbonyl (C=O) groups is 1. The van der Waals surface area contributed by atoms with E-state index in [9.17, 15) is 9.18 Å². The van der Waals surface area contributed by atoms with Crippen molar-refractivity contribution in [1.82, 2.24) is 9.97 Å². The van der Waals surface area contributed by atoms with E-state index in [-0.39, 0.29) is 16.4 Å². The Kier molecular flexibility index (Phi) is 3.97. The van der Waals surface area contributed by atoms with Crippen molar-refractivity contribution >= 4 is 34.9 Å². The second-order valence-corrected chi connectivity index (χ2v) is 4.52. The van der Waals surface area contributed by atoms with Crippen LogP contribution in [0.3, 0.4) is 0 Å². The van der Waals surface area contributed by atoms with E-state index in [0.717, 1.165) is 6.07 Å². The summed E-state index contributed by atoms with van der Waals surface area (Å²) < 4.78 is 12.9. The summed E-state index contributed by atoms with van der Waals surface area (Å²) in [5.74, 6) is -1.10. The zero-order valence-corrected chi connectivity index (χ0v) is 11.3. The van der Waals surface area contributed by atoms with E-state index < -0.39 is 11.9 Å². The van der Waals surface area contributed by atoms with Crippen LogP contribution in [0, 0.1) is 12.9 Å². The highest BCUT2D eigenvalue weighted by atomic mass is 35.5. The number of halogens is 3. The van der Waals surface area contributed by atoms with Gasteiger partial charge >= 0.3 is 0 Å². The summed E-state index contributed by atoms with van der Waals surface area (Å²) >= 11 is 11.8. The van der Waals surface area contributed by atoms with Gasteiger partial charge in [0.15, 0.2) is 5.82 Å². The minimum Gasteiger partial charge on any atom is -0.305 e. The number of rotatable bonds is 2. The van der Waals surface area contributed by atoms with E-state index >= 15 is 0 Å². The van der Waals surface area contributed by atoms with Crippen molar-refractivity contribution in [3.05, 3.63) is 51.6 Å². The number of hydrogen-bond donors (Lipinski definition) is 1. The molecule has 0 radical (unpaired) electrons. The number of hydrogen-bond acceptors (Lipinski definition) is 3. The van der Waals surface area contributed by atoms with Gasteiger partial charge in [-0.1, -0.05) is 23.2 Å². The lowest BCUT2D eigenvalue weighted by molar-refractivity contribution is 0.102. The Balaban J connectivity index is 2.27. The van der Waals surface area contributed by atoms with E-state index in [2.05, 4.69) is 15.3 Å². The third-order valence-corrected chi connectivity index (χ3v) is 3.00. The Morgan fingerprint density at radius 1 is 1.32 bits per heavy atom. The first-order valence-electron chi connectivity index (χ1n) is 5.23. The Morgan fingerprint density at radius 2 is 2.05 bits per heavy atom. The van der Waals surface area contributed by atoms with Crippen molar-refractivity contribution in [2.24, 2.45) is 0 Å². The quantitative estimate of drug-likeness (QED) is 0.864. The maximum atomic E-state index is 12.9. The number of aromatic nitrogens is 2. The predicted molar refractivity (Wildman–Crippen MR) is 71.1 cm³/mol. The van der Waals surface area contributed by atoms with Gasteiger partial charge in [0.05, 0.1) is 15.7 Å². The van der Waals surface area contributed by atoms with Gasteiger partial charge in [-0.3, -0.25) is 4.79 Å². The molecule has 2 rings (SSSR count). The predicted octanol–water partition coefficient (Wildman–Crippen LogP) is 3.48. The molecule has 1 N–H and O–H groups in total. The van der Waals surface area contributed by atoms with Crippen LogP contribution in [0.5, 0.6) is 0 Å². The first-order valence-corrected chi connectivity index (χ1v) is 5.98. The van der Waals surface area contributed by atoms with Crippen molar-refractivity contribution in [3.63, 3.8) is 0 Å². The summed E-state index contributed by atoms with van der Waals surface area (Å²) in [6.07, 6.45) is 1.20. The molecule has 0 aliphatic carbocycles. The van der Waals surface area contributed by atoms with Gasteiger partial charge in [0.1, 0.15) is 0 Å². The highest BCUT2D eigenvalue weighted by Gasteiger charge is 2.12. The van der Waals surface area contributed by atoms with Crippen LogP contribution in [-0.2, 0) is 0 Å². The van der Waals surface area contributed by atoms with Gasteiger partial charge in [-0.05, 0) is 19.1 Å². The zero-order valence-electron chi connectivity index (χ0n) is 9.75. The van der Waals surface area contributed by atoms with Gasteiger partial charge < -0.3 is 5.32 Å². The molecular weight excluding hydrogens is 292 g/mol. The largest absolute Gasteiger partial charge is 0.305 e. The Hall–Kier alpha value is -1.72. The smallest absolute Gasteiger partial charge is 0.257 e. The van der Waals surface area contributed by atoms with Gasteiger partial charge in [-0.25, -0.2) is 9.97 Å². The second kappa shape index (κ2) is 5.50. The number of anilines is 1. The number of nitrogens with one attached hydrogen (secondary N) is 1. The average Bonchev–Trinajstić information content (AvgIpc) is 2.36. The van der Waals surface area contributed by atoms with E-state index in [4.69, 9.17) is 23.2 Å². The van der Waals surface area contributed by atoms with Gasteiger partial charge in [0.2, 0.25) is 5.95 Å². The van der Waals surface area contributed by atoms with Crippen LogP contribution < -0.4 is 5.32 Å². The lowest BCUT2D eigenvalue weighted by atomic mass is 10.2. The summed E-state index contributed by atoms with van der Waals surface area (Å²) in [4.78, 5) is 19.3. The van der Waals surface area contributed by atoms with E-state index in [1.165, 1.54) is 18.3 Å². The number of carbonyl (C=O) groups excluding carboxylic acids is 1. The maximum Gasteiger partial charge on any atom is 0.257 e. The van der Waals surface area contributed by atoms with Crippen molar-refractivity contribution in [3.8, 4) is 0 Å². The molecule has 4 nitrogen and oxygen atoms in total. The number of amides is 1. The molecule has 0 aliphatic rings. The van der Waals surface area contributed by atoms with Crippen molar-refractivity contribution in [1.29, 1.82) is 0 Å². The molecule has 19 heavy (non-hydrogen) atoms. The average molecular weight is 300 g/mol. The number of pyridine rings is 2. The summed E-state index contributed by atoms with van der Waals surface area (Å²) in [5.41, 5.74) is 0.653. The first kappa shape index (κ1) is 13.7. The molecule has 98 valence electrons. The van der Waals surface area contributed by atoms with Crippen LogP contribution in [0.1, 0.15) is 16.1 Å². The van der Waals surface area contributed by atoms with Crippen LogP contribution in [0.4, 0.5) is 10.2 Å². The third-order valence-electron chi connectivity index (χ3n) is 2.33. The van der Waals surface area contributed by atoms with Crippen LogP contribution in [0.15, 0.2) is 24.4 Å². The Labute approximate surface area is 118 Å². The summed E-state index contributed by atoms with van der Waals surface area (Å²) in [5, 5.41) is 3.09. The molecule has 0 atom stereocenters. The molecule has 0 unspecified atom stereocenters. The molecule has 0 aromatic carbocycles. The highest BCUT2D eigenvalue weighted by Crippen LogP contribution is 2.25.